The van der Waals surface area contributed by atoms with Crippen LogP contribution in [0.2, 0.25) is 0 Å². The van der Waals surface area contributed by atoms with Crippen molar-refractivity contribution in [2.45, 2.75) is 19.9 Å². The topological polar surface area (TPSA) is 93.0 Å². The van der Waals surface area contributed by atoms with Crippen LogP contribution in [0, 0.1) is 5.92 Å². The minimum absolute atomic E-state index is 0.161. The number of phenols is 3. The Morgan fingerprint density at radius 1 is 1.18 bits per heavy atom. The summed E-state index contributed by atoms with van der Waals surface area (Å²) in [6, 6.07) is 2.89. The molecule has 5 nitrogen and oxygen atoms in total. The average Bonchev–Trinajstić information content (AvgIpc) is 2.29. The molecule has 0 aliphatic carbocycles. The lowest BCUT2D eigenvalue weighted by atomic mass is 10.1. The standard InChI is InChI=1S/C12H19NO4/c1-8(4-5-14)6-13-7-9-2-3-10(15)12(17)11(9)16/h2-3,8,13-17H,4-7H2,1H3. The monoisotopic (exact) mass is 241 g/mol. The van der Waals surface area contributed by atoms with E-state index in [0.717, 1.165) is 6.42 Å². The molecule has 0 saturated heterocycles. The summed E-state index contributed by atoms with van der Waals surface area (Å²) >= 11 is 0. The third-order valence-electron chi connectivity index (χ3n) is 2.64. The first-order chi connectivity index (χ1) is 8.06. The van der Waals surface area contributed by atoms with E-state index in [1.165, 1.54) is 6.07 Å². The van der Waals surface area contributed by atoms with Crippen molar-refractivity contribution in [2.75, 3.05) is 13.2 Å². The zero-order chi connectivity index (χ0) is 12.8. The zero-order valence-corrected chi connectivity index (χ0v) is 9.85. The van der Waals surface area contributed by atoms with Crippen LogP contribution in [0.15, 0.2) is 12.1 Å². The summed E-state index contributed by atoms with van der Waals surface area (Å²) in [4.78, 5) is 0. The van der Waals surface area contributed by atoms with Crippen molar-refractivity contribution in [1.82, 2.24) is 5.32 Å². The molecule has 0 aromatic heterocycles. The average molecular weight is 241 g/mol. The number of aliphatic hydroxyl groups excluding tert-OH is 1. The SMILES string of the molecule is CC(CCO)CNCc1ccc(O)c(O)c1O. The summed E-state index contributed by atoms with van der Waals surface area (Å²) in [6.45, 7) is 3.28. The molecule has 0 aliphatic rings. The first-order valence-electron chi connectivity index (χ1n) is 5.60. The largest absolute Gasteiger partial charge is 0.504 e. The summed E-state index contributed by atoms with van der Waals surface area (Å²) in [7, 11) is 0. The fourth-order valence-corrected chi connectivity index (χ4v) is 1.53. The molecule has 1 atom stereocenters. The van der Waals surface area contributed by atoms with Gasteiger partial charge in [-0.05, 0) is 24.9 Å². The number of nitrogens with one attached hydrogen (secondary N) is 1. The molecule has 0 amide bonds. The smallest absolute Gasteiger partial charge is 0.200 e. The second-order valence-electron chi connectivity index (χ2n) is 4.19. The quantitative estimate of drug-likeness (QED) is 0.477. The minimum Gasteiger partial charge on any atom is -0.504 e. The van der Waals surface area contributed by atoms with Gasteiger partial charge in [0.1, 0.15) is 0 Å². The van der Waals surface area contributed by atoms with Crippen LogP contribution in [0.4, 0.5) is 0 Å². The third-order valence-corrected chi connectivity index (χ3v) is 2.64. The van der Waals surface area contributed by atoms with Gasteiger partial charge in [-0.25, -0.2) is 0 Å². The van der Waals surface area contributed by atoms with Gasteiger partial charge in [-0.15, -0.1) is 0 Å². The normalized spacial score (nSPS) is 12.6. The molecule has 5 N–H and O–H groups in total. The van der Waals surface area contributed by atoms with Crippen LogP contribution >= 0.6 is 0 Å². The van der Waals surface area contributed by atoms with Gasteiger partial charge in [0.15, 0.2) is 11.5 Å². The Bertz CT molecular complexity index is 368. The van der Waals surface area contributed by atoms with Gasteiger partial charge in [-0.1, -0.05) is 13.0 Å². The maximum atomic E-state index is 9.56. The predicted octanol–water partition coefficient (Wildman–Crippen LogP) is 0.911. The molecule has 0 spiro atoms. The van der Waals surface area contributed by atoms with E-state index in [1.54, 1.807) is 6.07 Å². The van der Waals surface area contributed by atoms with Crippen LogP contribution in [0.5, 0.6) is 17.2 Å². The number of hydrogen-bond donors (Lipinski definition) is 5. The summed E-state index contributed by atoms with van der Waals surface area (Å²) < 4.78 is 0. The van der Waals surface area contributed by atoms with E-state index < -0.39 is 5.75 Å². The second-order valence-corrected chi connectivity index (χ2v) is 4.19. The minimum atomic E-state index is -0.493. The Balaban J connectivity index is 2.50. The van der Waals surface area contributed by atoms with Gasteiger partial charge in [0.25, 0.3) is 0 Å². The van der Waals surface area contributed by atoms with Crippen molar-refractivity contribution in [3.8, 4) is 17.2 Å². The van der Waals surface area contributed by atoms with Gasteiger partial charge in [-0.3, -0.25) is 0 Å². The molecule has 0 fully saturated rings. The van der Waals surface area contributed by atoms with Gasteiger partial charge >= 0.3 is 0 Å². The molecule has 5 heteroatoms. The number of hydrogen-bond acceptors (Lipinski definition) is 5. The van der Waals surface area contributed by atoms with Crippen molar-refractivity contribution >= 4 is 0 Å². The highest BCUT2D eigenvalue weighted by Crippen LogP contribution is 2.36. The van der Waals surface area contributed by atoms with E-state index >= 15 is 0 Å². The van der Waals surface area contributed by atoms with Crippen LogP contribution in [0.3, 0.4) is 0 Å². The number of aliphatic hydroxyl groups is 1. The van der Waals surface area contributed by atoms with Crippen LogP contribution < -0.4 is 5.32 Å². The number of phenolic OH excluding ortho intramolecular Hbond substituents is 3. The molecular weight excluding hydrogens is 222 g/mol. The Hall–Kier alpha value is -1.46. The van der Waals surface area contributed by atoms with E-state index in [2.05, 4.69) is 5.32 Å². The molecule has 1 rings (SSSR count). The molecule has 1 unspecified atom stereocenters. The van der Waals surface area contributed by atoms with E-state index in [0.29, 0.717) is 24.6 Å². The molecular formula is C12H19NO4. The van der Waals surface area contributed by atoms with Crippen LogP contribution in [0.1, 0.15) is 18.9 Å². The van der Waals surface area contributed by atoms with Gasteiger partial charge in [0.05, 0.1) is 0 Å². The van der Waals surface area contributed by atoms with Gasteiger partial charge < -0.3 is 25.7 Å². The Morgan fingerprint density at radius 2 is 1.88 bits per heavy atom. The van der Waals surface area contributed by atoms with E-state index in [1.807, 2.05) is 6.92 Å². The fraction of sp³-hybridized carbons (Fsp3) is 0.500. The van der Waals surface area contributed by atoms with Crippen LogP contribution in [-0.2, 0) is 6.54 Å². The van der Waals surface area contributed by atoms with E-state index in [-0.39, 0.29) is 18.1 Å². The highest BCUT2D eigenvalue weighted by atomic mass is 16.3. The van der Waals surface area contributed by atoms with Gasteiger partial charge in [-0.2, -0.15) is 0 Å². The van der Waals surface area contributed by atoms with E-state index in [9.17, 15) is 10.2 Å². The Kier molecular flexibility index (Phi) is 5.06. The molecule has 1 aromatic rings. The van der Waals surface area contributed by atoms with Crippen molar-refractivity contribution in [2.24, 2.45) is 5.92 Å². The molecule has 1 aromatic carbocycles. The molecule has 17 heavy (non-hydrogen) atoms. The van der Waals surface area contributed by atoms with Crippen LogP contribution in [0.25, 0.3) is 0 Å². The summed E-state index contributed by atoms with van der Waals surface area (Å²) in [5, 5.41) is 39.9. The Morgan fingerprint density at radius 3 is 2.53 bits per heavy atom. The first kappa shape index (κ1) is 13.6. The zero-order valence-electron chi connectivity index (χ0n) is 9.85. The highest BCUT2D eigenvalue weighted by Gasteiger charge is 2.10. The second kappa shape index (κ2) is 6.32. The van der Waals surface area contributed by atoms with Crippen molar-refractivity contribution in [3.63, 3.8) is 0 Å². The lowest BCUT2D eigenvalue weighted by molar-refractivity contribution is 0.260. The predicted molar refractivity (Wildman–Crippen MR) is 64.0 cm³/mol. The summed E-state index contributed by atoms with van der Waals surface area (Å²) in [6.07, 6.45) is 0.722. The Labute approximate surface area is 100 Å². The molecule has 0 saturated carbocycles. The van der Waals surface area contributed by atoms with Crippen molar-refractivity contribution < 1.29 is 20.4 Å². The fourth-order valence-electron chi connectivity index (χ4n) is 1.53. The number of benzene rings is 1. The maximum absolute atomic E-state index is 9.56. The molecule has 0 heterocycles. The highest BCUT2D eigenvalue weighted by molar-refractivity contribution is 5.52. The molecule has 0 aliphatic heterocycles. The van der Waals surface area contributed by atoms with E-state index in [4.69, 9.17) is 10.2 Å². The van der Waals surface area contributed by atoms with Gasteiger partial charge in [0, 0.05) is 18.7 Å². The lowest BCUT2D eigenvalue weighted by Crippen LogP contribution is -2.21. The summed E-state index contributed by atoms with van der Waals surface area (Å²) in [5.74, 6) is -0.784. The molecule has 0 radical (unpaired) electrons. The van der Waals surface area contributed by atoms with Crippen molar-refractivity contribution in [3.05, 3.63) is 17.7 Å². The van der Waals surface area contributed by atoms with Gasteiger partial charge in [0.2, 0.25) is 5.75 Å². The maximum Gasteiger partial charge on any atom is 0.200 e. The number of aromatic hydroxyl groups is 3. The third kappa shape index (κ3) is 3.80. The van der Waals surface area contributed by atoms with Crippen molar-refractivity contribution in [1.29, 1.82) is 0 Å². The number of rotatable bonds is 6. The molecule has 0 bridgehead atoms. The first-order valence-corrected chi connectivity index (χ1v) is 5.60. The lowest BCUT2D eigenvalue weighted by Gasteiger charge is -2.12. The van der Waals surface area contributed by atoms with Crippen LogP contribution in [-0.4, -0.2) is 33.6 Å². The molecule has 96 valence electrons. The summed E-state index contributed by atoms with van der Waals surface area (Å²) in [5.41, 5.74) is 0.525.